The number of hydrogen-bond donors (Lipinski definition) is 0. The number of ether oxygens (including phenoxy) is 1. The molecule has 0 heterocycles. The summed E-state index contributed by atoms with van der Waals surface area (Å²) in [6.07, 6.45) is 15.6. The minimum Gasteiger partial charge on any atom is -0.490 e. The molecule has 1 nitrogen and oxygen atoms in total. The summed E-state index contributed by atoms with van der Waals surface area (Å²) in [6.45, 7) is 7.33. The van der Waals surface area contributed by atoms with Crippen molar-refractivity contribution in [2.24, 2.45) is 23.7 Å². The molecule has 2 aliphatic rings. The van der Waals surface area contributed by atoms with Gasteiger partial charge >= 0.3 is 0 Å². The van der Waals surface area contributed by atoms with Gasteiger partial charge in [-0.15, -0.1) is 0 Å². The highest BCUT2D eigenvalue weighted by molar-refractivity contribution is 5.33. The maximum absolute atomic E-state index is 14.8. The molecule has 2 fully saturated rings. The first-order chi connectivity index (χ1) is 15.0. The third kappa shape index (κ3) is 6.45. The van der Waals surface area contributed by atoms with E-state index in [9.17, 15) is 8.78 Å². The van der Waals surface area contributed by atoms with Crippen LogP contribution < -0.4 is 4.74 Å². The van der Waals surface area contributed by atoms with Crippen molar-refractivity contribution in [3.05, 3.63) is 29.3 Å². The van der Waals surface area contributed by atoms with Crippen LogP contribution in [-0.2, 0) is 0 Å². The standard InChI is InChI=1S/C28H44F2O/c1-4-6-7-19-31-26-18-17-25(27(29)28(26)30)24-15-13-23(14-16-24)20(3)22-11-9-21(8-5-2)10-12-22/h17-18,20-24H,4-16,19H2,1-3H3. The highest BCUT2D eigenvalue weighted by atomic mass is 19.2. The van der Waals surface area contributed by atoms with E-state index in [0.717, 1.165) is 68.6 Å². The van der Waals surface area contributed by atoms with Gasteiger partial charge < -0.3 is 4.74 Å². The molecule has 0 saturated heterocycles. The molecule has 176 valence electrons. The fourth-order valence-corrected chi connectivity index (χ4v) is 6.26. The topological polar surface area (TPSA) is 9.23 Å². The van der Waals surface area contributed by atoms with Gasteiger partial charge in [0.2, 0.25) is 5.82 Å². The van der Waals surface area contributed by atoms with Crippen LogP contribution >= 0.6 is 0 Å². The molecule has 3 heteroatoms. The molecule has 0 bridgehead atoms. The lowest BCUT2D eigenvalue weighted by Crippen LogP contribution is -2.28. The first kappa shape index (κ1) is 24.5. The monoisotopic (exact) mass is 434 g/mol. The van der Waals surface area contributed by atoms with Gasteiger partial charge in [0.05, 0.1) is 6.61 Å². The quantitative estimate of drug-likeness (QED) is 0.334. The normalized spacial score (nSPS) is 27.8. The van der Waals surface area contributed by atoms with Gasteiger partial charge in [-0.05, 0) is 86.2 Å². The van der Waals surface area contributed by atoms with Gasteiger partial charge in [-0.25, -0.2) is 4.39 Å². The molecule has 0 aromatic heterocycles. The molecular formula is C28H44F2O. The Hall–Kier alpha value is -1.12. The van der Waals surface area contributed by atoms with Gasteiger partial charge in [-0.3, -0.25) is 0 Å². The van der Waals surface area contributed by atoms with Crippen molar-refractivity contribution < 1.29 is 13.5 Å². The van der Waals surface area contributed by atoms with E-state index in [2.05, 4.69) is 20.8 Å². The lowest BCUT2D eigenvalue weighted by molar-refractivity contribution is 0.131. The second-order valence-corrected chi connectivity index (χ2v) is 10.4. The molecule has 0 amide bonds. The number of unbranched alkanes of at least 4 members (excludes halogenated alkanes) is 2. The molecule has 0 aliphatic heterocycles. The van der Waals surface area contributed by atoms with Crippen molar-refractivity contribution in [3.63, 3.8) is 0 Å². The summed E-state index contributed by atoms with van der Waals surface area (Å²) in [4.78, 5) is 0. The van der Waals surface area contributed by atoms with Crippen LogP contribution in [0, 0.1) is 35.3 Å². The zero-order valence-corrected chi connectivity index (χ0v) is 20.1. The maximum Gasteiger partial charge on any atom is 0.200 e. The van der Waals surface area contributed by atoms with Gasteiger partial charge in [0.1, 0.15) is 0 Å². The predicted molar refractivity (Wildman–Crippen MR) is 126 cm³/mol. The smallest absolute Gasteiger partial charge is 0.200 e. The highest BCUT2D eigenvalue weighted by Gasteiger charge is 2.33. The van der Waals surface area contributed by atoms with E-state index in [1.165, 1.54) is 38.5 Å². The van der Waals surface area contributed by atoms with Crippen molar-refractivity contribution in [1.82, 2.24) is 0 Å². The highest BCUT2D eigenvalue weighted by Crippen LogP contribution is 2.45. The van der Waals surface area contributed by atoms with Crippen LogP contribution in [0.4, 0.5) is 8.78 Å². The van der Waals surface area contributed by atoms with Crippen LogP contribution in [0.2, 0.25) is 0 Å². The van der Waals surface area contributed by atoms with Crippen molar-refractivity contribution in [2.75, 3.05) is 6.61 Å². The summed E-state index contributed by atoms with van der Waals surface area (Å²) < 4.78 is 34.9. The van der Waals surface area contributed by atoms with E-state index < -0.39 is 11.6 Å². The number of benzene rings is 1. The number of hydrogen-bond acceptors (Lipinski definition) is 1. The second kappa shape index (κ2) is 12.2. The molecular weight excluding hydrogens is 390 g/mol. The molecule has 31 heavy (non-hydrogen) atoms. The maximum atomic E-state index is 14.8. The first-order valence-electron chi connectivity index (χ1n) is 13.2. The molecule has 1 aromatic rings. The Bertz CT molecular complexity index is 657. The van der Waals surface area contributed by atoms with E-state index in [0.29, 0.717) is 12.2 Å². The summed E-state index contributed by atoms with van der Waals surface area (Å²) in [5.41, 5.74) is 0.560. The Kier molecular flexibility index (Phi) is 9.66. The van der Waals surface area contributed by atoms with Gasteiger partial charge in [-0.1, -0.05) is 65.4 Å². The van der Waals surface area contributed by atoms with E-state index in [1.807, 2.05) is 0 Å². The van der Waals surface area contributed by atoms with Crippen LogP contribution in [0.1, 0.15) is 116 Å². The van der Waals surface area contributed by atoms with Crippen molar-refractivity contribution >= 4 is 0 Å². The molecule has 0 spiro atoms. The summed E-state index contributed by atoms with van der Waals surface area (Å²) >= 11 is 0. The second-order valence-electron chi connectivity index (χ2n) is 10.4. The van der Waals surface area contributed by atoms with Gasteiger partial charge in [-0.2, -0.15) is 4.39 Å². The average molecular weight is 435 g/mol. The lowest BCUT2D eigenvalue weighted by atomic mass is 9.66. The predicted octanol–water partition coefficient (Wildman–Crippen LogP) is 9.05. The van der Waals surface area contributed by atoms with Crippen LogP contribution in [0.3, 0.4) is 0 Å². The summed E-state index contributed by atoms with van der Waals surface area (Å²) in [6, 6.07) is 3.42. The molecule has 1 atom stereocenters. The molecule has 1 unspecified atom stereocenters. The average Bonchev–Trinajstić information content (AvgIpc) is 2.80. The van der Waals surface area contributed by atoms with Crippen molar-refractivity contribution in [2.45, 2.75) is 110 Å². The fourth-order valence-electron chi connectivity index (χ4n) is 6.26. The third-order valence-corrected chi connectivity index (χ3v) is 8.37. The Labute approximate surface area is 189 Å². The Morgan fingerprint density at radius 2 is 1.48 bits per heavy atom. The van der Waals surface area contributed by atoms with Crippen LogP contribution in [-0.4, -0.2) is 6.61 Å². The van der Waals surface area contributed by atoms with Gasteiger partial charge in [0, 0.05) is 0 Å². The minimum atomic E-state index is -0.798. The van der Waals surface area contributed by atoms with Crippen molar-refractivity contribution in [1.29, 1.82) is 0 Å². The molecule has 0 radical (unpaired) electrons. The summed E-state index contributed by atoms with van der Waals surface area (Å²) in [7, 11) is 0. The molecule has 3 rings (SSSR count). The van der Waals surface area contributed by atoms with Crippen LogP contribution in [0.25, 0.3) is 0 Å². The largest absolute Gasteiger partial charge is 0.490 e. The zero-order chi connectivity index (χ0) is 22.2. The molecule has 2 saturated carbocycles. The number of rotatable bonds is 10. The summed E-state index contributed by atoms with van der Waals surface area (Å²) in [5.74, 6) is 2.08. The van der Waals surface area contributed by atoms with E-state index in [-0.39, 0.29) is 11.7 Å². The lowest BCUT2D eigenvalue weighted by Gasteiger charge is -2.39. The van der Waals surface area contributed by atoms with Crippen LogP contribution in [0.15, 0.2) is 12.1 Å². The van der Waals surface area contributed by atoms with Gasteiger partial charge in [0.25, 0.3) is 0 Å². The van der Waals surface area contributed by atoms with E-state index in [1.54, 1.807) is 12.1 Å². The Morgan fingerprint density at radius 1 is 0.839 bits per heavy atom. The number of halogens is 2. The molecule has 1 aromatic carbocycles. The van der Waals surface area contributed by atoms with Gasteiger partial charge in [0.15, 0.2) is 11.6 Å². The summed E-state index contributed by atoms with van der Waals surface area (Å²) in [5, 5.41) is 0. The van der Waals surface area contributed by atoms with Crippen molar-refractivity contribution in [3.8, 4) is 5.75 Å². The molecule has 0 N–H and O–H groups in total. The minimum absolute atomic E-state index is 0.0679. The Balaban J connectivity index is 1.50. The fraction of sp³-hybridized carbons (Fsp3) is 0.786. The van der Waals surface area contributed by atoms with E-state index in [4.69, 9.17) is 4.74 Å². The SMILES string of the molecule is CCCCCOc1ccc(C2CCC(C(C)C3CCC(CCC)CC3)CC2)c(F)c1F. The zero-order valence-electron chi connectivity index (χ0n) is 20.1. The Morgan fingerprint density at radius 3 is 2.10 bits per heavy atom. The van der Waals surface area contributed by atoms with Crippen LogP contribution in [0.5, 0.6) is 5.75 Å². The first-order valence-corrected chi connectivity index (χ1v) is 13.2. The third-order valence-electron chi connectivity index (χ3n) is 8.37. The van der Waals surface area contributed by atoms with E-state index >= 15 is 0 Å². The molecule has 2 aliphatic carbocycles.